The van der Waals surface area contributed by atoms with Gasteiger partial charge < -0.3 is 19.6 Å². The third-order valence-electron chi connectivity index (χ3n) is 7.35. The Balaban J connectivity index is 0.00000228. The minimum Gasteiger partial charge on any atom is -0.489 e. The number of hydrogen-bond acceptors (Lipinski definition) is 4. The van der Waals surface area contributed by atoms with E-state index in [2.05, 4.69) is 16.8 Å². The number of nitrogens with zero attached hydrogens (tertiary/aromatic N) is 2. The molecule has 1 aliphatic carbocycles. The Hall–Kier alpha value is -1.51. The molecule has 2 aromatic carbocycles. The number of likely N-dealkylation sites (N-methyl/N-ethyl adjacent to an activating group) is 1. The topological polar surface area (TPSA) is 35.9 Å². The van der Waals surface area contributed by atoms with Crippen molar-refractivity contribution in [2.75, 3.05) is 39.8 Å². The standard InChI is InChI=1S/C27H35F3N2O2.2ClH/c1-31-14-16-32(17-15-31)19-25(26(33)12-3-2-4-13-26)22-8-10-24(11-9-22)34-20-21-6-5-7-23(18-21)27(28,29)30;;/h5-11,18,25,33H,2-4,12-17,19-20H2,1H3;2*1H. The number of alkyl halides is 3. The highest BCUT2D eigenvalue weighted by Gasteiger charge is 2.39. The van der Waals surface area contributed by atoms with Crippen molar-refractivity contribution in [1.82, 2.24) is 9.80 Å². The zero-order valence-electron chi connectivity index (χ0n) is 20.7. The van der Waals surface area contributed by atoms with E-state index in [4.69, 9.17) is 4.74 Å². The maximum atomic E-state index is 13.0. The molecule has 0 bridgehead atoms. The second-order valence-electron chi connectivity index (χ2n) is 9.88. The number of ether oxygens (including phenoxy) is 1. The molecule has 1 atom stereocenters. The number of benzene rings is 2. The minimum absolute atomic E-state index is 0. The van der Waals surface area contributed by atoms with E-state index in [0.717, 1.165) is 76.1 Å². The molecule has 2 aliphatic rings. The van der Waals surface area contributed by atoms with E-state index in [1.165, 1.54) is 12.5 Å². The van der Waals surface area contributed by atoms with Gasteiger partial charge in [0, 0.05) is 38.6 Å². The van der Waals surface area contributed by atoms with Crippen LogP contribution >= 0.6 is 24.8 Å². The summed E-state index contributed by atoms with van der Waals surface area (Å²) >= 11 is 0. The van der Waals surface area contributed by atoms with Gasteiger partial charge in [-0.05, 0) is 55.3 Å². The Labute approximate surface area is 224 Å². The molecule has 1 N–H and O–H groups in total. The van der Waals surface area contributed by atoms with Gasteiger partial charge >= 0.3 is 6.18 Å². The zero-order chi connectivity index (χ0) is 24.2. The summed E-state index contributed by atoms with van der Waals surface area (Å²) in [4.78, 5) is 4.78. The Morgan fingerprint density at radius 3 is 2.19 bits per heavy atom. The molecule has 2 aromatic rings. The van der Waals surface area contributed by atoms with Gasteiger partial charge in [-0.25, -0.2) is 0 Å². The first-order valence-electron chi connectivity index (χ1n) is 12.3. The smallest absolute Gasteiger partial charge is 0.416 e. The quantitative estimate of drug-likeness (QED) is 0.449. The predicted molar refractivity (Wildman–Crippen MR) is 141 cm³/mol. The summed E-state index contributed by atoms with van der Waals surface area (Å²) in [5.41, 5.74) is 0.191. The van der Waals surface area contributed by atoms with E-state index in [1.54, 1.807) is 6.07 Å². The van der Waals surface area contributed by atoms with Gasteiger partial charge in [-0.3, -0.25) is 0 Å². The van der Waals surface area contributed by atoms with E-state index in [0.29, 0.717) is 11.3 Å². The van der Waals surface area contributed by atoms with Crippen molar-refractivity contribution < 1.29 is 23.0 Å². The summed E-state index contributed by atoms with van der Waals surface area (Å²) in [6, 6.07) is 13.0. The normalized spacial score (nSPS) is 19.6. The lowest BCUT2D eigenvalue weighted by molar-refractivity contribution is -0.137. The van der Waals surface area contributed by atoms with Crippen LogP contribution in [-0.4, -0.2) is 60.3 Å². The van der Waals surface area contributed by atoms with Gasteiger partial charge in [0.05, 0.1) is 11.2 Å². The van der Waals surface area contributed by atoms with Gasteiger partial charge in [0.2, 0.25) is 0 Å². The van der Waals surface area contributed by atoms with Crippen LogP contribution in [0.5, 0.6) is 5.75 Å². The van der Waals surface area contributed by atoms with Crippen LogP contribution in [0.15, 0.2) is 48.5 Å². The largest absolute Gasteiger partial charge is 0.489 e. The van der Waals surface area contributed by atoms with Crippen LogP contribution in [0.2, 0.25) is 0 Å². The van der Waals surface area contributed by atoms with Gasteiger partial charge in [-0.2, -0.15) is 13.2 Å². The molecule has 2 fully saturated rings. The summed E-state index contributed by atoms with van der Waals surface area (Å²) in [7, 11) is 2.14. The first kappa shape index (κ1) is 30.7. The second-order valence-corrected chi connectivity index (χ2v) is 9.88. The lowest BCUT2D eigenvalue weighted by Gasteiger charge is -2.43. The van der Waals surface area contributed by atoms with E-state index < -0.39 is 17.3 Å². The molecule has 1 aliphatic heterocycles. The Bertz CT molecular complexity index is 929. The van der Waals surface area contributed by atoms with Crippen molar-refractivity contribution in [3.05, 3.63) is 65.2 Å². The lowest BCUT2D eigenvalue weighted by atomic mass is 9.72. The Morgan fingerprint density at radius 2 is 1.58 bits per heavy atom. The summed E-state index contributed by atoms with van der Waals surface area (Å²) in [5, 5.41) is 11.6. The van der Waals surface area contributed by atoms with Gasteiger partial charge in [0.15, 0.2) is 0 Å². The van der Waals surface area contributed by atoms with Crippen LogP contribution in [0.1, 0.15) is 54.7 Å². The second kappa shape index (κ2) is 13.3. The fourth-order valence-electron chi connectivity index (χ4n) is 5.19. The van der Waals surface area contributed by atoms with Crippen molar-refractivity contribution in [2.45, 2.75) is 56.4 Å². The molecule has 4 nitrogen and oxygen atoms in total. The highest BCUT2D eigenvalue weighted by atomic mass is 35.5. The van der Waals surface area contributed by atoms with Crippen LogP contribution in [0.4, 0.5) is 13.2 Å². The van der Waals surface area contributed by atoms with Crippen LogP contribution in [0, 0.1) is 0 Å². The van der Waals surface area contributed by atoms with Crippen molar-refractivity contribution in [1.29, 1.82) is 0 Å². The fourth-order valence-corrected chi connectivity index (χ4v) is 5.19. The molecule has 1 unspecified atom stereocenters. The van der Waals surface area contributed by atoms with Gasteiger partial charge in [-0.15, -0.1) is 24.8 Å². The summed E-state index contributed by atoms with van der Waals surface area (Å²) < 4.78 is 44.6. The molecule has 0 aromatic heterocycles. The van der Waals surface area contributed by atoms with Gasteiger partial charge in [0.1, 0.15) is 12.4 Å². The van der Waals surface area contributed by atoms with Crippen LogP contribution in [0.3, 0.4) is 0 Å². The molecule has 1 saturated carbocycles. The van der Waals surface area contributed by atoms with E-state index in [1.807, 2.05) is 24.3 Å². The molecule has 0 amide bonds. The van der Waals surface area contributed by atoms with Crippen molar-refractivity contribution >= 4 is 24.8 Å². The highest BCUT2D eigenvalue weighted by molar-refractivity contribution is 5.85. The summed E-state index contributed by atoms with van der Waals surface area (Å²) in [6.07, 6.45) is 0.544. The number of piperazine rings is 1. The van der Waals surface area contributed by atoms with Gasteiger partial charge in [0.25, 0.3) is 0 Å². The SMILES string of the molecule is CN1CCN(CC(c2ccc(OCc3cccc(C(F)(F)F)c3)cc2)C2(O)CCCCC2)CC1.Cl.Cl. The monoisotopic (exact) mass is 548 g/mol. The minimum atomic E-state index is -4.37. The van der Waals surface area contributed by atoms with Crippen molar-refractivity contribution in [3.8, 4) is 5.75 Å². The summed E-state index contributed by atoms with van der Waals surface area (Å²) in [6.45, 7) is 4.97. The van der Waals surface area contributed by atoms with Crippen LogP contribution < -0.4 is 4.74 Å². The maximum absolute atomic E-state index is 13.0. The maximum Gasteiger partial charge on any atom is 0.416 e. The molecular weight excluding hydrogens is 512 g/mol. The van der Waals surface area contributed by atoms with E-state index >= 15 is 0 Å². The van der Waals surface area contributed by atoms with Crippen LogP contribution in [-0.2, 0) is 12.8 Å². The first-order valence-corrected chi connectivity index (χ1v) is 12.3. The molecule has 1 heterocycles. The fraction of sp³-hybridized carbons (Fsp3) is 0.556. The van der Waals surface area contributed by atoms with E-state index in [-0.39, 0.29) is 37.3 Å². The van der Waals surface area contributed by atoms with Gasteiger partial charge in [-0.1, -0.05) is 43.5 Å². The average molecular weight is 550 g/mol. The predicted octanol–water partition coefficient (Wildman–Crippen LogP) is 6.15. The third-order valence-corrected chi connectivity index (χ3v) is 7.35. The van der Waals surface area contributed by atoms with Crippen molar-refractivity contribution in [3.63, 3.8) is 0 Å². The Kier molecular flexibility index (Phi) is 11.4. The number of halogens is 5. The first-order chi connectivity index (χ1) is 16.2. The molecule has 36 heavy (non-hydrogen) atoms. The van der Waals surface area contributed by atoms with E-state index in [9.17, 15) is 18.3 Å². The molecule has 202 valence electrons. The number of rotatable bonds is 7. The molecule has 0 spiro atoms. The van der Waals surface area contributed by atoms with Crippen molar-refractivity contribution in [2.24, 2.45) is 0 Å². The molecule has 9 heteroatoms. The third kappa shape index (κ3) is 7.99. The molecule has 4 rings (SSSR count). The molecule has 0 radical (unpaired) electrons. The lowest BCUT2D eigenvalue weighted by Crippen LogP contribution is -2.50. The number of aliphatic hydroxyl groups is 1. The number of hydrogen-bond donors (Lipinski definition) is 1. The average Bonchev–Trinajstić information content (AvgIpc) is 2.83. The zero-order valence-corrected chi connectivity index (χ0v) is 22.3. The highest BCUT2D eigenvalue weighted by Crippen LogP contribution is 2.41. The Morgan fingerprint density at radius 1 is 0.944 bits per heavy atom. The molecular formula is C27H37Cl2F3N2O2. The van der Waals surface area contributed by atoms with Crippen LogP contribution in [0.25, 0.3) is 0 Å². The molecule has 1 saturated heterocycles. The summed E-state index contributed by atoms with van der Waals surface area (Å²) in [5.74, 6) is 0.629.